The smallest absolute Gasteiger partial charge is 0.260 e. The molecule has 0 heterocycles. The summed E-state index contributed by atoms with van der Waals surface area (Å²) in [5.41, 5.74) is 0. The fourth-order valence-corrected chi connectivity index (χ4v) is 0.383. The maximum Gasteiger partial charge on any atom is 0.458 e. The zero-order chi connectivity index (χ0) is 11.8. The Balaban J connectivity index is 5.07. The van der Waals surface area contributed by atoms with E-state index in [0.29, 0.717) is 0 Å². The first kappa shape index (κ1) is 13.3. The summed E-state index contributed by atoms with van der Waals surface area (Å²) < 4.78 is 104. The predicted octanol–water partition coefficient (Wildman–Crippen LogP) is 3.18. The standard InChI is InChI=1S/C4F9O/c5-1(6)14-2(7,3(8,9)10)4(11,12)13. The van der Waals surface area contributed by atoms with Crippen LogP contribution in [-0.2, 0) is 4.74 Å². The molecule has 0 aliphatic rings. The van der Waals surface area contributed by atoms with Gasteiger partial charge in [0, 0.05) is 0 Å². The Morgan fingerprint density at radius 2 is 1.00 bits per heavy atom. The molecule has 0 amide bonds. The summed E-state index contributed by atoms with van der Waals surface area (Å²) in [5, 5.41) is 0. The maximum atomic E-state index is 12.1. The van der Waals surface area contributed by atoms with Crippen LogP contribution in [0.2, 0.25) is 0 Å². The van der Waals surface area contributed by atoms with Crippen LogP contribution in [0.4, 0.5) is 39.5 Å². The van der Waals surface area contributed by atoms with E-state index in [0.717, 1.165) is 0 Å². The molecule has 1 radical (unpaired) electrons. The van der Waals surface area contributed by atoms with E-state index in [1.807, 2.05) is 4.74 Å². The molecule has 0 aliphatic carbocycles. The van der Waals surface area contributed by atoms with Gasteiger partial charge in [-0.2, -0.15) is 39.5 Å². The summed E-state index contributed by atoms with van der Waals surface area (Å²) in [6.45, 7) is -3.78. The fraction of sp³-hybridized carbons (Fsp3) is 0.750. The molecule has 0 atom stereocenters. The molecule has 0 fully saturated rings. The first-order valence-corrected chi connectivity index (χ1v) is 2.61. The van der Waals surface area contributed by atoms with Gasteiger partial charge in [0.2, 0.25) is 0 Å². The first-order valence-electron chi connectivity index (χ1n) is 2.61. The third-order valence-corrected chi connectivity index (χ3v) is 0.947. The van der Waals surface area contributed by atoms with Gasteiger partial charge < -0.3 is 0 Å². The second kappa shape index (κ2) is 3.48. The molecular weight excluding hydrogens is 235 g/mol. The molecule has 85 valence electrons. The van der Waals surface area contributed by atoms with Crippen molar-refractivity contribution < 1.29 is 44.3 Å². The van der Waals surface area contributed by atoms with E-state index >= 15 is 0 Å². The van der Waals surface area contributed by atoms with E-state index in [1.54, 1.807) is 0 Å². The van der Waals surface area contributed by atoms with Crippen molar-refractivity contribution in [2.45, 2.75) is 18.2 Å². The van der Waals surface area contributed by atoms with Crippen molar-refractivity contribution in [3.8, 4) is 0 Å². The SMILES string of the molecule is F[C](F)OC(F)(C(F)(F)F)C(F)(F)F. The minimum absolute atomic E-state index is 1.83. The monoisotopic (exact) mass is 235 g/mol. The molecule has 0 spiro atoms. The molecule has 10 heteroatoms. The van der Waals surface area contributed by atoms with Crippen molar-refractivity contribution in [3.63, 3.8) is 0 Å². The molecule has 1 nitrogen and oxygen atoms in total. The van der Waals surface area contributed by atoms with Gasteiger partial charge in [-0.05, 0) is 0 Å². The molecule has 0 N–H and O–H groups in total. The Morgan fingerprint density at radius 1 is 0.714 bits per heavy atom. The molecule has 0 bridgehead atoms. The molecule has 0 saturated carbocycles. The molecule has 0 aromatic rings. The minimum atomic E-state index is -6.64. The maximum absolute atomic E-state index is 12.1. The van der Waals surface area contributed by atoms with Gasteiger partial charge in [0.1, 0.15) is 0 Å². The number of hydrogen-bond donors (Lipinski definition) is 0. The van der Waals surface area contributed by atoms with Crippen LogP contribution in [0.15, 0.2) is 0 Å². The Kier molecular flexibility index (Phi) is 3.31. The average Bonchev–Trinajstić information content (AvgIpc) is 1.79. The van der Waals surface area contributed by atoms with Gasteiger partial charge in [-0.15, -0.1) is 0 Å². The van der Waals surface area contributed by atoms with E-state index in [-0.39, 0.29) is 0 Å². The van der Waals surface area contributed by atoms with Crippen molar-refractivity contribution in [1.82, 2.24) is 0 Å². The lowest BCUT2D eigenvalue weighted by atomic mass is 10.3. The highest BCUT2D eigenvalue weighted by Gasteiger charge is 2.76. The van der Waals surface area contributed by atoms with Crippen LogP contribution >= 0.6 is 0 Å². The average molecular weight is 235 g/mol. The summed E-state index contributed by atoms with van der Waals surface area (Å²) >= 11 is 0. The van der Waals surface area contributed by atoms with Gasteiger partial charge in [-0.25, -0.2) is 0 Å². The van der Waals surface area contributed by atoms with Crippen molar-refractivity contribution in [3.05, 3.63) is 6.61 Å². The topological polar surface area (TPSA) is 9.23 Å². The Morgan fingerprint density at radius 3 is 1.07 bits per heavy atom. The van der Waals surface area contributed by atoms with Crippen LogP contribution in [0, 0.1) is 6.61 Å². The summed E-state index contributed by atoms with van der Waals surface area (Å²) in [5.74, 6) is -6.39. The van der Waals surface area contributed by atoms with Crippen LogP contribution in [0.3, 0.4) is 0 Å². The van der Waals surface area contributed by atoms with E-state index in [4.69, 9.17) is 0 Å². The minimum Gasteiger partial charge on any atom is -0.260 e. The zero-order valence-electron chi connectivity index (χ0n) is 5.81. The summed E-state index contributed by atoms with van der Waals surface area (Å²) in [6.07, 6.45) is -13.3. The second-order valence-electron chi connectivity index (χ2n) is 1.92. The fourth-order valence-electron chi connectivity index (χ4n) is 0.383. The molecular formula is C4F9O. The molecule has 0 aromatic carbocycles. The quantitative estimate of drug-likeness (QED) is 0.668. The molecule has 0 aromatic heterocycles. The van der Waals surface area contributed by atoms with Crippen molar-refractivity contribution >= 4 is 0 Å². The van der Waals surface area contributed by atoms with Gasteiger partial charge in [0.15, 0.2) is 0 Å². The number of ether oxygens (including phenoxy) is 1. The van der Waals surface area contributed by atoms with Gasteiger partial charge in [0.05, 0.1) is 0 Å². The second-order valence-corrected chi connectivity index (χ2v) is 1.92. The predicted molar refractivity (Wildman–Crippen MR) is 22.5 cm³/mol. The number of halogens is 9. The Hall–Kier alpha value is -0.670. The van der Waals surface area contributed by atoms with Gasteiger partial charge in [-0.3, -0.25) is 4.74 Å². The highest BCUT2D eigenvalue weighted by atomic mass is 19.4. The third-order valence-electron chi connectivity index (χ3n) is 0.947. The number of alkyl halides is 7. The lowest BCUT2D eigenvalue weighted by Crippen LogP contribution is -2.55. The molecule has 0 aliphatic heterocycles. The lowest BCUT2D eigenvalue weighted by molar-refractivity contribution is -0.439. The summed E-state index contributed by atoms with van der Waals surface area (Å²) in [6, 6.07) is 0. The normalized spacial score (nSPS) is 15.0. The van der Waals surface area contributed by atoms with Gasteiger partial charge in [0.25, 0.3) is 0 Å². The van der Waals surface area contributed by atoms with Crippen LogP contribution < -0.4 is 0 Å². The third kappa shape index (κ3) is 2.42. The highest BCUT2D eigenvalue weighted by molar-refractivity contribution is 4.86. The van der Waals surface area contributed by atoms with Crippen molar-refractivity contribution in [2.24, 2.45) is 0 Å². The summed E-state index contributed by atoms with van der Waals surface area (Å²) in [7, 11) is 0. The first-order chi connectivity index (χ1) is 5.92. The lowest BCUT2D eigenvalue weighted by Gasteiger charge is -2.28. The van der Waals surface area contributed by atoms with Crippen LogP contribution in [0.5, 0.6) is 0 Å². The van der Waals surface area contributed by atoms with E-state index in [9.17, 15) is 39.5 Å². The van der Waals surface area contributed by atoms with E-state index in [1.165, 1.54) is 0 Å². The Bertz CT molecular complexity index is 176. The molecule has 0 saturated heterocycles. The summed E-state index contributed by atoms with van der Waals surface area (Å²) in [4.78, 5) is 0. The molecule has 0 unspecified atom stereocenters. The van der Waals surface area contributed by atoms with Crippen LogP contribution in [0.1, 0.15) is 0 Å². The van der Waals surface area contributed by atoms with Crippen molar-refractivity contribution in [2.75, 3.05) is 0 Å². The zero-order valence-corrected chi connectivity index (χ0v) is 5.81. The highest BCUT2D eigenvalue weighted by Crippen LogP contribution is 2.48. The number of hydrogen-bond acceptors (Lipinski definition) is 1. The Labute approximate surface area is 70.4 Å². The molecule has 14 heavy (non-hydrogen) atoms. The van der Waals surface area contributed by atoms with E-state index in [2.05, 4.69) is 0 Å². The van der Waals surface area contributed by atoms with Crippen molar-refractivity contribution in [1.29, 1.82) is 0 Å². The van der Waals surface area contributed by atoms with Crippen LogP contribution in [0.25, 0.3) is 0 Å². The molecule has 0 rings (SSSR count). The number of rotatable bonds is 2. The van der Waals surface area contributed by atoms with E-state index < -0.39 is 24.8 Å². The van der Waals surface area contributed by atoms with Crippen LogP contribution in [-0.4, -0.2) is 18.2 Å². The van der Waals surface area contributed by atoms with Gasteiger partial charge in [-0.1, -0.05) is 0 Å². The largest absolute Gasteiger partial charge is 0.458 e. The van der Waals surface area contributed by atoms with Gasteiger partial charge >= 0.3 is 24.8 Å².